The zero-order valence-electron chi connectivity index (χ0n) is 9.83. The number of nitrogens with one attached hydrogen (secondary N) is 1. The number of hydrogen-bond acceptors (Lipinski definition) is 4. The molecule has 0 saturated heterocycles. The quantitative estimate of drug-likeness (QED) is 0.698. The first-order valence-corrected chi connectivity index (χ1v) is 6.55. The Hall–Kier alpha value is -1.82. The van der Waals surface area contributed by atoms with Gasteiger partial charge in [0.25, 0.3) is 5.91 Å². The van der Waals surface area contributed by atoms with Crippen LogP contribution in [0.5, 0.6) is 0 Å². The second-order valence-electron chi connectivity index (χ2n) is 4.18. The second kappa shape index (κ2) is 4.70. The molecule has 0 fully saturated rings. The Kier molecular flexibility index (Phi) is 3.02. The summed E-state index contributed by atoms with van der Waals surface area (Å²) in [6.45, 7) is 0. The summed E-state index contributed by atoms with van der Waals surface area (Å²) >= 11 is 1.43. The number of amides is 1. The van der Waals surface area contributed by atoms with Crippen molar-refractivity contribution in [2.75, 3.05) is 5.32 Å². The monoisotopic (exact) mass is 273 g/mol. The Morgan fingerprint density at radius 1 is 1.05 bits per heavy atom. The van der Waals surface area contributed by atoms with Gasteiger partial charge in [-0.3, -0.25) is 4.79 Å². The summed E-state index contributed by atoms with van der Waals surface area (Å²) in [5.41, 5.74) is 1.67. The standard InChI is InChI=1S/C14H11NO3S/c16-13-9-6-5-8(14(17)18)7-12(9)19-11-4-2-1-3-10(11)15-13/h1-7,14,17-18H,(H,15,16). The minimum Gasteiger partial charge on any atom is -0.364 e. The van der Waals surface area contributed by atoms with Gasteiger partial charge in [-0.25, -0.2) is 0 Å². The lowest BCUT2D eigenvalue weighted by Crippen LogP contribution is -2.11. The molecule has 0 unspecified atom stereocenters. The van der Waals surface area contributed by atoms with Crippen molar-refractivity contribution >= 4 is 23.4 Å². The Bertz CT molecular complexity index is 655. The van der Waals surface area contributed by atoms with Crippen molar-refractivity contribution in [1.29, 1.82) is 0 Å². The molecule has 5 heteroatoms. The van der Waals surface area contributed by atoms with E-state index in [0.29, 0.717) is 16.0 Å². The average Bonchev–Trinajstić information content (AvgIpc) is 2.54. The smallest absolute Gasteiger partial charge is 0.256 e. The van der Waals surface area contributed by atoms with Crippen LogP contribution in [0.15, 0.2) is 52.3 Å². The van der Waals surface area contributed by atoms with E-state index in [-0.39, 0.29) is 5.91 Å². The lowest BCUT2D eigenvalue weighted by Gasteiger charge is -2.08. The number of hydrogen-bond donors (Lipinski definition) is 3. The third-order valence-corrected chi connectivity index (χ3v) is 4.04. The van der Waals surface area contributed by atoms with Crippen molar-refractivity contribution in [3.8, 4) is 0 Å². The highest BCUT2D eigenvalue weighted by molar-refractivity contribution is 7.99. The number of fused-ring (bicyclic) bond motifs is 2. The highest BCUT2D eigenvalue weighted by atomic mass is 32.2. The first kappa shape index (κ1) is 12.2. The van der Waals surface area contributed by atoms with Gasteiger partial charge in [-0.05, 0) is 24.3 Å². The fourth-order valence-electron chi connectivity index (χ4n) is 1.94. The SMILES string of the molecule is O=C1Nc2ccccc2Sc2cc(C(O)O)ccc21. The van der Waals surface area contributed by atoms with E-state index < -0.39 is 6.29 Å². The van der Waals surface area contributed by atoms with Crippen LogP contribution in [-0.4, -0.2) is 16.1 Å². The van der Waals surface area contributed by atoms with Gasteiger partial charge >= 0.3 is 0 Å². The van der Waals surface area contributed by atoms with Crippen LogP contribution in [0.3, 0.4) is 0 Å². The second-order valence-corrected chi connectivity index (χ2v) is 5.27. The Labute approximate surface area is 114 Å². The predicted molar refractivity (Wildman–Crippen MR) is 72.1 cm³/mol. The van der Waals surface area contributed by atoms with Gasteiger partial charge in [0.05, 0.1) is 11.3 Å². The molecule has 1 aliphatic rings. The van der Waals surface area contributed by atoms with Crippen LogP contribution in [0.2, 0.25) is 0 Å². The number of benzene rings is 2. The highest BCUT2D eigenvalue weighted by Crippen LogP contribution is 2.39. The third kappa shape index (κ3) is 2.23. The summed E-state index contributed by atoms with van der Waals surface area (Å²) in [6.07, 6.45) is -1.53. The fraction of sp³-hybridized carbons (Fsp3) is 0.0714. The molecule has 3 rings (SSSR count). The van der Waals surface area contributed by atoms with E-state index in [1.807, 2.05) is 24.3 Å². The third-order valence-electron chi connectivity index (χ3n) is 2.90. The molecule has 2 aromatic rings. The maximum atomic E-state index is 12.1. The summed E-state index contributed by atoms with van der Waals surface area (Å²) in [5, 5.41) is 21.2. The first-order valence-electron chi connectivity index (χ1n) is 5.73. The van der Waals surface area contributed by atoms with Crippen LogP contribution < -0.4 is 5.32 Å². The molecule has 96 valence electrons. The molecule has 0 aliphatic carbocycles. The van der Waals surface area contributed by atoms with Crippen LogP contribution >= 0.6 is 11.8 Å². The van der Waals surface area contributed by atoms with E-state index >= 15 is 0 Å². The molecule has 0 saturated carbocycles. The van der Waals surface area contributed by atoms with Crippen molar-refractivity contribution < 1.29 is 15.0 Å². The maximum Gasteiger partial charge on any atom is 0.256 e. The normalized spacial score (nSPS) is 13.5. The number of aliphatic hydroxyl groups excluding tert-OH is 1. The topological polar surface area (TPSA) is 69.6 Å². The van der Waals surface area contributed by atoms with Crippen LogP contribution in [0, 0.1) is 0 Å². The zero-order valence-corrected chi connectivity index (χ0v) is 10.6. The molecule has 0 bridgehead atoms. The lowest BCUT2D eigenvalue weighted by atomic mass is 10.1. The number of rotatable bonds is 1. The van der Waals surface area contributed by atoms with E-state index in [2.05, 4.69) is 5.32 Å². The molecule has 4 nitrogen and oxygen atoms in total. The Morgan fingerprint density at radius 3 is 2.63 bits per heavy atom. The molecule has 19 heavy (non-hydrogen) atoms. The van der Waals surface area contributed by atoms with Gasteiger partial charge in [0, 0.05) is 15.4 Å². The molecule has 0 aromatic heterocycles. The summed E-state index contributed by atoms with van der Waals surface area (Å²) < 4.78 is 0. The predicted octanol–water partition coefficient (Wildman–Crippen LogP) is 2.39. The molecular formula is C14H11NO3S. The van der Waals surface area contributed by atoms with E-state index in [4.69, 9.17) is 0 Å². The van der Waals surface area contributed by atoms with E-state index in [0.717, 1.165) is 10.6 Å². The Balaban J connectivity index is 2.13. The van der Waals surface area contributed by atoms with Gasteiger partial charge in [0.2, 0.25) is 0 Å². The number of aliphatic hydroxyl groups is 2. The highest BCUT2D eigenvalue weighted by Gasteiger charge is 2.20. The molecular weight excluding hydrogens is 262 g/mol. The number of anilines is 1. The minimum atomic E-state index is -1.53. The van der Waals surface area contributed by atoms with Crippen molar-refractivity contribution in [2.24, 2.45) is 0 Å². The fourth-order valence-corrected chi connectivity index (χ4v) is 3.02. The number of para-hydroxylation sites is 1. The maximum absolute atomic E-state index is 12.1. The average molecular weight is 273 g/mol. The van der Waals surface area contributed by atoms with Gasteiger partial charge in [-0.1, -0.05) is 30.0 Å². The summed E-state index contributed by atoms with van der Waals surface area (Å²) in [6, 6.07) is 12.3. The van der Waals surface area contributed by atoms with Gasteiger partial charge in [0.1, 0.15) is 0 Å². The van der Waals surface area contributed by atoms with Crippen LogP contribution in [0.4, 0.5) is 5.69 Å². The number of carbonyl (C=O) groups is 1. The van der Waals surface area contributed by atoms with Crippen molar-refractivity contribution in [2.45, 2.75) is 16.1 Å². The van der Waals surface area contributed by atoms with E-state index in [9.17, 15) is 15.0 Å². The summed E-state index contributed by atoms with van der Waals surface area (Å²) in [4.78, 5) is 13.7. The minimum absolute atomic E-state index is 0.188. The van der Waals surface area contributed by atoms with Crippen molar-refractivity contribution in [1.82, 2.24) is 0 Å². The molecule has 2 aromatic carbocycles. The van der Waals surface area contributed by atoms with Crippen LogP contribution in [0.1, 0.15) is 22.2 Å². The van der Waals surface area contributed by atoms with Crippen molar-refractivity contribution in [3.05, 3.63) is 53.6 Å². The van der Waals surface area contributed by atoms with Crippen LogP contribution in [-0.2, 0) is 0 Å². The van der Waals surface area contributed by atoms with Crippen LogP contribution in [0.25, 0.3) is 0 Å². The molecule has 0 atom stereocenters. The lowest BCUT2D eigenvalue weighted by molar-refractivity contribution is -0.0426. The van der Waals surface area contributed by atoms with Gasteiger partial charge < -0.3 is 15.5 Å². The largest absolute Gasteiger partial charge is 0.364 e. The van der Waals surface area contributed by atoms with Gasteiger partial charge in [-0.15, -0.1) is 0 Å². The summed E-state index contributed by atoms with van der Waals surface area (Å²) in [7, 11) is 0. The summed E-state index contributed by atoms with van der Waals surface area (Å²) in [5.74, 6) is -0.188. The zero-order chi connectivity index (χ0) is 13.4. The molecule has 0 radical (unpaired) electrons. The molecule has 0 spiro atoms. The molecule has 1 amide bonds. The molecule has 1 aliphatic heterocycles. The van der Waals surface area contributed by atoms with E-state index in [1.54, 1.807) is 18.2 Å². The van der Waals surface area contributed by atoms with Gasteiger partial charge in [0.15, 0.2) is 6.29 Å². The molecule has 3 N–H and O–H groups in total. The van der Waals surface area contributed by atoms with Gasteiger partial charge in [-0.2, -0.15) is 0 Å². The van der Waals surface area contributed by atoms with Crippen molar-refractivity contribution in [3.63, 3.8) is 0 Å². The Morgan fingerprint density at radius 2 is 1.84 bits per heavy atom. The van der Waals surface area contributed by atoms with E-state index in [1.165, 1.54) is 11.8 Å². The number of carbonyl (C=O) groups excluding carboxylic acids is 1. The first-order chi connectivity index (χ1) is 9.15. The molecule has 1 heterocycles.